The largest absolute Gasteiger partial charge is 0.465 e. The molecule has 1 aliphatic carbocycles. The number of rotatable bonds is 2. The first-order valence-corrected chi connectivity index (χ1v) is 6.06. The Morgan fingerprint density at radius 3 is 2.88 bits per heavy atom. The van der Waals surface area contributed by atoms with E-state index in [9.17, 15) is 14.7 Å². The Hall–Kier alpha value is -1.10. The number of aliphatic hydroxyl groups is 1. The van der Waals surface area contributed by atoms with Crippen molar-refractivity contribution in [2.75, 3.05) is 13.7 Å². The average molecular weight is 241 g/mol. The van der Waals surface area contributed by atoms with E-state index in [1.807, 2.05) is 6.92 Å². The molecule has 96 valence electrons. The van der Waals surface area contributed by atoms with Crippen LogP contribution in [0.15, 0.2) is 0 Å². The second-order valence-electron chi connectivity index (χ2n) is 5.10. The summed E-state index contributed by atoms with van der Waals surface area (Å²) in [5, 5.41) is 10.8. The summed E-state index contributed by atoms with van der Waals surface area (Å²) in [7, 11) is 1.56. The molecular formula is C12H19NO4. The highest BCUT2D eigenvalue weighted by molar-refractivity contribution is 5.92. The van der Waals surface area contributed by atoms with Gasteiger partial charge in [0.05, 0.1) is 6.61 Å². The topological polar surface area (TPSA) is 66.8 Å². The summed E-state index contributed by atoms with van der Waals surface area (Å²) in [6, 6.07) is 0. The molecule has 17 heavy (non-hydrogen) atoms. The number of nitrogens with zero attached hydrogens (tertiary/aromatic N) is 1. The van der Waals surface area contributed by atoms with Gasteiger partial charge < -0.3 is 14.7 Å². The molecule has 0 aromatic heterocycles. The SMILES string of the molecule is CCOC(=O)[C@@]12CC[C@H](C)[C@]1(O)N(C)C(=O)C2. The first-order valence-electron chi connectivity index (χ1n) is 6.06. The van der Waals surface area contributed by atoms with Gasteiger partial charge in [-0.2, -0.15) is 0 Å². The van der Waals surface area contributed by atoms with Crippen LogP contribution in [-0.2, 0) is 14.3 Å². The number of hydrogen-bond donors (Lipinski definition) is 1. The Balaban J connectivity index is 2.44. The predicted octanol–water partition coefficient (Wildman–Crippen LogP) is 0.516. The van der Waals surface area contributed by atoms with Crippen molar-refractivity contribution in [1.82, 2.24) is 4.90 Å². The van der Waals surface area contributed by atoms with E-state index in [1.165, 1.54) is 4.90 Å². The lowest BCUT2D eigenvalue weighted by atomic mass is 9.78. The fourth-order valence-corrected chi connectivity index (χ4v) is 3.35. The molecule has 1 saturated carbocycles. The minimum Gasteiger partial charge on any atom is -0.465 e. The predicted molar refractivity (Wildman–Crippen MR) is 59.8 cm³/mol. The molecule has 1 N–H and O–H groups in total. The van der Waals surface area contributed by atoms with Crippen molar-refractivity contribution in [2.24, 2.45) is 11.3 Å². The Morgan fingerprint density at radius 2 is 2.29 bits per heavy atom. The van der Waals surface area contributed by atoms with Gasteiger partial charge in [-0.1, -0.05) is 6.92 Å². The molecule has 3 atom stereocenters. The molecule has 0 bridgehead atoms. The van der Waals surface area contributed by atoms with Gasteiger partial charge >= 0.3 is 5.97 Å². The van der Waals surface area contributed by atoms with Crippen molar-refractivity contribution >= 4 is 11.9 Å². The van der Waals surface area contributed by atoms with Crippen LogP contribution in [0.4, 0.5) is 0 Å². The molecule has 0 unspecified atom stereocenters. The van der Waals surface area contributed by atoms with E-state index in [0.717, 1.165) is 6.42 Å². The van der Waals surface area contributed by atoms with Crippen LogP contribution < -0.4 is 0 Å². The van der Waals surface area contributed by atoms with Crippen LogP contribution in [0.2, 0.25) is 0 Å². The highest BCUT2D eigenvalue weighted by Crippen LogP contribution is 2.58. The Morgan fingerprint density at radius 1 is 1.65 bits per heavy atom. The van der Waals surface area contributed by atoms with Crippen LogP contribution >= 0.6 is 0 Å². The highest BCUT2D eigenvalue weighted by atomic mass is 16.5. The van der Waals surface area contributed by atoms with Crippen LogP contribution in [0.1, 0.15) is 33.1 Å². The molecule has 1 amide bonds. The van der Waals surface area contributed by atoms with Gasteiger partial charge in [0, 0.05) is 19.4 Å². The summed E-state index contributed by atoms with van der Waals surface area (Å²) in [5.41, 5.74) is -2.44. The van der Waals surface area contributed by atoms with Gasteiger partial charge in [0.2, 0.25) is 5.91 Å². The van der Waals surface area contributed by atoms with E-state index in [4.69, 9.17) is 4.74 Å². The minimum absolute atomic E-state index is 0.0587. The normalized spacial score (nSPS) is 40.6. The number of esters is 1. The fourth-order valence-electron chi connectivity index (χ4n) is 3.35. The molecule has 1 heterocycles. The lowest BCUT2D eigenvalue weighted by Crippen LogP contribution is -2.56. The molecular weight excluding hydrogens is 222 g/mol. The van der Waals surface area contributed by atoms with E-state index < -0.39 is 17.1 Å². The Labute approximate surface area is 101 Å². The van der Waals surface area contributed by atoms with E-state index >= 15 is 0 Å². The van der Waals surface area contributed by atoms with Crippen molar-refractivity contribution in [3.63, 3.8) is 0 Å². The lowest BCUT2D eigenvalue weighted by Gasteiger charge is -2.39. The maximum atomic E-state index is 12.1. The molecule has 2 fully saturated rings. The Bertz CT molecular complexity index is 370. The quantitative estimate of drug-likeness (QED) is 0.716. The third-order valence-electron chi connectivity index (χ3n) is 4.40. The second-order valence-corrected chi connectivity index (χ2v) is 5.10. The number of fused-ring (bicyclic) bond motifs is 1. The number of likely N-dealkylation sites (tertiary alicyclic amines) is 1. The van der Waals surface area contributed by atoms with Crippen LogP contribution in [-0.4, -0.2) is 41.3 Å². The minimum atomic E-state index is -1.38. The maximum absolute atomic E-state index is 12.1. The molecule has 1 saturated heterocycles. The number of carbonyl (C=O) groups excluding carboxylic acids is 2. The molecule has 0 aromatic rings. The van der Waals surface area contributed by atoms with Gasteiger partial charge in [-0.15, -0.1) is 0 Å². The van der Waals surface area contributed by atoms with E-state index in [2.05, 4.69) is 0 Å². The van der Waals surface area contributed by atoms with Crippen molar-refractivity contribution in [3.05, 3.63) is 0 Å². The van der Waals surface area contributed by atoms with Crippen molar-refractivity contribution < 1.29 is 19.4 Å². The second kappa shape index (κ2) is 3.70. The number of amides is 1. The third-order valence-corrected chi connectivity index (χ3v) is 4.40. The molecule has 1 aliphatic heterocycles. The van der Waals surface area contributed by atoms with Gasteiger partial charge in [0.1, 0.15) is 5.41 Å². The highest BCUT2D eigenvalue weighted by Gasteiger charge is 2.71. The molecule has 2 aliphatic rings. The first-order chi connectivity index (χ1) is 7.90. The van der Waals surface area contributed by atoms with E-state index in [1.54, 1.807) is 14.0 Å². The lowest BCUT2D eigenvalue weighted by molar-refractivity contribution is -0.190. The van der Waals surface area contributed by atoms with Crippen LogP contribution in [0.5, 0.6) is 0 Å². The average Bonchev–Trinajstić information content (AvgIpc) is 2.65. The van der Waals surface area contributed by atoms with Crippen molar-refractivity contribution in [2.45, 2.75) is 38.8 Å². The van der Waals surface area contributed by atoms with E-state index in [0.29, 0.717) is 6.42 Å². The molecule has 5 heteroatoms. The Kier molecular flexibility index (Phi) is 2.69. The zero-order valence-corrected chi connectivity index (χ0v) is 10.5. The standard InChI is InChI=1S/C12H19NO4/c1-4-17-10(15)11-6-5-8(2)12(11,16)13(3)9(14)7-11/h8,16H,4-7H2,1-3H3/t8-,11-,12+/m0/s1. The number of ether oxygens (including phenoxy) is 1. The van der Waals surface area contributed by atoms with Gasteiger partial charge in [0.15, 0.2) is 5.72 Å². The summed E-state index contributed by atoms with van der Waals surface area (Å²) in [6.07, 6.45) is 1.30. The van der Waals surface area contributed by atoms with E-state index in [-0.39, 0.29) is 24.9 Å². The van der Waals surface area contributed by atoms with Gasteiger partial charge in [-0.05, 0) is 19.8 Å². The summed E-state index contributed by atoms with van der Waals surface area (Å²) in [4.78, 5) is 25.3. The molecule has 5 nitrogen and oxygen atoms in total. The third kappa shape index (κ3) is 1.29. The van der Waals surface area contributed by atoms with Crippen molar-refractivity contribution in [3.8, 4) is 0 Å². The van der Waals surface area contributed by atoms with Gasteiger partial charge in [0.25, 0.3) is 0 Å². The summed E-state index contributed by atoms with van der Waals surface area (Å²) >= 11 is 0. The zero-order valence-electron chi connectivity index (χ0n) is 10.5. The number of carbonyl (C=O) groups is 2. The number of hydrogen-bond acceptors (Lipinski definition) is 4. The molecule has 2 rings (SSSR count). The van der Waals surface area contributed by atoms with Gasteiger partial charge in [-0.3, -0.25) is 9.59 Å². The summed E-state index contributed by atoms with van der Waals surface area (Å²) < 4.78 is 5.06. The first kappa shape index (κ1) is 12.4. The fraction of sp³-hybridized carbons (Fsp3) is 0.833. The van der Waals surface area contributed by atoms with Crippen LogP contribution in [0, 0.1) is 11.3 Å². The molecule has 0 aromatic carbocycles. The zero-order chi connectivity index (χ0) is 12.8. The van der Waals surface area contributed by atoms with Crippen LogP contribution in [0.25, 0.3) is 0 Å². The smallest absolute Gasteiger partial charge is 0.317 e. The van der Waals surface area contributed by atoms with Crippen molar-refractivity contribution in [1.29, 1.82) is 0 Å². The molecule has 0 radical (unpaired) electrons. The van der Waals surface area contributed by atoms with Gasteiger partial charge in [-0.25, -0.2) is 0 Å². The van der Waals surface area contributed by atoms with Crippen LogP contribution in [0.3, 0.4) is 0 Å². The monoisotopic (exact) mass is 241 g/mol. The molecule has 0 spiro atoms. The maximum Gasteiger partial charge on any atom is 0.317 e. The summed E-state index contributed by atoms with van der Waals surface area (Å²) in [5.74, 6) is -0.736. The summed E-state index contributed by atoms with van der Waals surface area (Å²) in [6.45, 7) is 3.87.